The van der Waals surface area contributed by atoms with Gasteiger partial charge in [0.1, 0.15) is 0 Å². The van der Waals surface area contributed by atoms with Crippen LogP contribution in [-0.4, -0.2) is 5.91 Å². The van der Waals surface area contributed by atoms with E-state index in [0.29, 0.717) is 11.7 Å². The molecular formula is C16H15NOS. The van der Waals surface area contributed by atoms with Crippen LogP contribution >= 0.6 is 11.8 Å². The van der Waals surface area contributed by atoms with Gasteiger partial charge in [0.2, 0.25) is 5.91 Å². The molecule has 1 N–H and O–H groups in total. The molecule has 0 radical (unpaired) electrons. The van der Waals surface area contributed by atoms with Crippen molar-refractivity contribution in [1.82, 2.24) is 0 Å². The van der Waals surface area contributed by atoms with Gasteiger partial charge < -0.3 is 5.32 Å². The zero-order valence-electron chi connectivity index (χ0n) is 10.5. The third-order valence-corrected chi connectivity index (χ3v) is 4.64. The lowest BCUT2D eigenvalue weighted by molar-refractivity contribution is -0.116. The number of carbonyl (C=O) groups excluding carboxylic acids is 1. The molecule has 3 heteroatoms. The molecule has 0 aromatic heterocycles. The van der Waals surface area contributed by atoms with E-state index in [0.717, 1.165) is 17.0 Å². The van der Waals surface area contributed by atoms with E-state index in [2.05, 4.69) is 35.6 Å². The van der Waals surface area contributed by atoms with Gasteiger partial charge in [0.05, 0.1) is 5.69 Å². The minimum absolute atomic E-state index is 0.105. The van der Waals surface area contributed by atoms with Gasteiger partial charge in [0, 0.05) is 16.6 Å². The highest BCUT2D eigenvalue weighted by Gasteiger charge is 2.20. The molecule has 3 rings (SSSR count). The summed E-state index contributed by atoms with van der Waals surface area (Å²) in [6.07, 6.45) is 1.44. The fourth-order valence-electron chi connectivity index (χ4n) is 2.26. The van der Waals surface area contributed by atoms with E-state index >= 15 is 0 Å². The van der Waals surface area contributed by atoms with Crippen LogP contribution in [0.25, 0.3) is 0 Å². The Hall–Kier alpha value is -1.74. The van der Waals surface area contributed by atoms with Gasteiger partial charge in [-0.2, -0.15) is 0 Å². The Kier molecular flexibility index (Phi) is 3.56. The lowest BCUT2D eigenvalue weighted by Crippen LogP contribution is -2.15. The number of hydrogen-bond donors (Lipinski definition) is 1. The number of thioether (sulfide) groups is 1. The Bertz CT molecular complexity index is 582. The molecule has 0 bridgehead atoms. The second kappa shape index (κ2) is 5.49. The molecule has 0 spiro atoms. The van der Waals surface area contributed by atoms with Gasteiger partial charge in [-0.15, -0.1) is 11.8 Å². The molecule has 0 saturated heterocycles. The number of amides is 1. The van der Waals surface area contributed by atoms with Crippen molar-refractivity contribution in [2.45, 2.75) is 23.0 Å². The van der Waals surface area contributed by atoms with E-state index in [1.165, 1.54) is 5.56 Å². The van der Waals surface area contributed by atoms with Crippen molar-refractivity contribution in [2.75, 3.05) is 5.32 Å². The number of nitrogens with one attached hydrogen (secondary N) is 1. The molecule has 2 aromatic carbocycles. The third-order valence-electron chi connectivity index (χ3n) is 3.24. The normalized spacial score (nSPS) is 18.9. The molecule has 0 aliphatic carbocycles. The fourth-order valence-corrected chi connectivity index (χ4v) is 3.50. The van der Waals surface area contributed by atoms with Gasteiger partial charge in [0.25, 0.3) is 0 Å². The van der Waals surface area contributed by atoms with Crippen molar-refractivity contribution in [3.63, 3.8) is 0 Å². The van der Waals surface area contributed by atoms with Gasteiger partial charge >= 0.3 is 0 Å². The Morgan fingerprint density at radius 3 is 2.58 bits per heavy atom. The summed E-state index contributed by atoms with van der Waals surface area (Å²) in [5.41, 5.74) is 2.22. The number of fused-ring (bicyclic) bond motifs is 1. The van der Waals surface area contributed by atoms with E-state index in [9.17, 15) is 4.79 Å². The van der Waals surface area contributed by atoms with Crippen molar-refractivity contribution in [3.05, 3.63) is 60.2 Å². The first kappa shape index (κ1) is 12.3. The summed E-state index contributed by atoms with van der Waals surface area (Å²) in [5.74, 6) is 0.105. The average molecular weight is 269 g/mol. The average Bonchev–Trinajstić information content (AvgIpc) is 2.44. The minimum Gasteiger partial charge on any atom is -0.325 e. The maximum atomic E-state index is 11.9. The summed E-state index contributed by atoms with van der Waals surface area (Å²) in [7, 11) is 0. The SMILES string of the molecule is O=C1CC[C@@H](c2ccccc2)Sc2ccccc2N1. The van der Waals surface area contributed by atoms with E-state index in [-0.39, 0.29) is 5.91 Å². The van der Waals surface area contributed by atoms with Crippen LogP contribution < -0.4 is 5.32 Å². The van der Waals surface area contributed by atoms with Crippen LogP contribution in [0.5, 0.6) is 0 Å². The van der Waals surface area contributed by atoms with Crippen molar-refractivity contribution in [3.8, 4) is 0 Å². The molecule has 0 unspecified atom stereocenters. The van der Waals surface area contributed by atoms with E-state index < -0.39 is 0 Å². The zero-order chi connectivity index (χ0) is 13.1. The first-order valence-corrected chi connectivity index (χ1v) is 7.31. The molecule has 1 heterocycles. The second-order valence-electron chi connectivity index (χ2n) is 4.60. The number of carbonyl (C=O) groups is 1. The highest BCUT2D eigenvalue weighted by Crippen LogP contribution is 2.42. The standard InChI is InChI=1S/C16H15NOS/c18-16-11-10-14(12-6-2-1-3-7-12)19-15-9-5-4-8-13(15)17-16/h1-9,14H,10-11H2,(H,17,18)/t14-/m0/s1. The monoisotopic (exact) mass is 269 g/mol. The zero-order valence-corrected chi connectivity index (χ0v) is 11.3. The quantitative estimate of drug-likeness (QED) is 0.838. The predicted octanol–water partition coefficient (Wildman–Crippen LogP) is 4.25. The molecule has 1 atom stereocenters. The van der Waals surface area contributed by atoms with E-state index in [1.54, 1.807) is 0 Å². The van der Waals surface area contributed by atoms with Crippen LogP contribution in [0.3, 0.4) is 0 Å². The topological polar surface area (TPSA) is 29.1 Å². The van der Waals surface area contributed by atoms with Crippen molar-refractivity contribution in [1.29, 1.82) is 0 Å². The molecule has 19 heavy (non-hydrogen) atoms. The first-order valence-electron chi connectivity index (χ1n) is 6.43. The molecule has 1 aliphatic heterocycles. The maximum absolute atomic E-state index is 11.9. The minimum atomic E-state index is 0.105. The summed E-state index contributed by atoms with van der Waals surface area (Å²) in [6.45, 7) is 0. The smallest absolute Gasteiger partial charge is 0.224 e. The van der Waals surface area contributed by atoms with Crippen LogP contribution in [0, 0.1) is 0 Å². The van der Waals surface area contributed by atoms with E-state index in [1.807, 2.05) is 36.0 Å². The molecule has 96 valence electrons. The lowest BCUT2D eigenvalue weighted by atomic mass is 10.1. The summed E-state index contributed by atoms with van der Waals surface area (Å²) in [4.78, 5) is 13.0. The Morgan fingerprint density at radius 2 is 1.74 bits per heavy atom. The van der Waals surface area contributed by atoms with Crippen molar-refractivity contribution < 1.29 is 4.79 Å². The molecule has 0 fully saturated rings. The van der Waals surface area contributed by atoms with Crippen molar-refractivity contribution >= 4 is 23.4 Å². The Labute approximate surface area is 117 Å². The highest BCUT2D eigenvalue weighted by atomic mass is 32.2. The van der Waals surface area contributed by atoms with Gasteiger partial charge in [-0.25, -0.2) is 0 Å². The maximum Gasteiger partial charge on any atom is 0.224 e. The number of anilines is 1. The molecule has 1 aliphatic rings. The van der Waals surface area contributed by atoms with Crippen LogP contribution in [0.2, 0.25) is 0 Å². The van der Waals surface area contributed by atoms with Gasteiger partial charge in [-0.1, -0.05) is 42.5 Å². The molecule has 0 saturated carbocycles. The van der Waals surface area contributed by atoms with Crippen LogP contribution in [0.4, 0.5) is 5.69 Å². The summed E-state index contributed by atoms with van der Waals surface area (Å²) in [6, 6.07) is 18.4. The van der Waals surface area contributed by atoms with Gasteiger partial charge in [-0.3, -0.25) is 4.79 Å². The van der Waals surface area contributed by atoms with Crippen molar-refractivity contribution in [2.24, 2.45) is 0 Å². The lowest BCUT2D eigenvalue weighted by Gasteiger charge is -2.22. The fraction of sp³-hybridized carbons (Fsp3) is 0.188. The molecule has 1 amide bonds. The molecular weight excluding hydrogens is 254 g/mol. The summed E-state index contributed by atoms with van der Waals surface area (Å²) in [5, 5.41) is 3.32. The summed E-state index contributed by atoms with van der Waals surface area (Å²) < 4.78 is 0. The first-order chi connectivity index (χ1) is 9.33. The predicted molar refractivity (Wildman–Crippen MR) is 79.3 cm³/mol. The Morgan fingerprint density at radius 1 is 1.00 bits per heavy atom. The number of benzene rings is 2. The van der Waals surface area contributed by atoms with Crippen LogP contribution in [0.1, 0.15) is 23.7 Å². The van der Waals surface area contributed by atoms with Crippen LogP contribution in [0.15, 0.2) is 59.5 Å². The molecule has 2 nitrogen and oxygen atoms in total. The van der Waals surface area contributed by atoms with E-state index in [4.69, 9.17) is 0 Å². The second-order valence-corrected chi connectivity index (χ2v) is 5.84. The number of rotatable bonds is 1. The van der Waals surface area contributed by atoms with Crippen LogP contribution in [-0.2, 0) is 4.79 Å². The largest absolute Gasteiger partial charge is 0.325 e. The number of hydrogen-bond acceptors (Lipinski definition) is 2. The molecule has 2 aromatic rings. The third kappa shape index (κ3) is 2.82. The van der Waals surface area contributed by atoms with Gasteiger partial charge in [-0.05, 0) is 24.1 Å². The number of para-hydroxylation sites is 1. The summed E-state index contributed by atoms with van der Waals surface area (Å²) >= 11 is 1.83. The Balaban J connectivity index is 1.95. The van der Waals surface area contributed by atoms with Gasteiger partial charge in [0.15, 0.2) is 0 Å². The highest BCUT2D eigenvalue weighted by molar-refractivity contribution is 7.99.